The normalized spacial score (nSPS) is 28.6. The highest BCUT2D eigenvalue weighted by Gasteiger charge is 2.58. The predicted molar refractivity (Wildman–Crippen MR) is 136 cm³/mol. The molecule has 2 aliphatic carbocycles. The number of carbonyl (C=O) groups excluding carboxylic acids is 2. The van der Waals surface area contributed by atoms with Gasteiger partial charge in [0.2, 0.25) is 5.91 Å². The van der Waals surface area contributed by atoms with E-state index in [2.05, 4.69) is 4.90 Å². The van der Waals surface area contributed by atoms with Gasteiger partial charge in [0.05, 0.1) is 18.1 Å². The fourth-order valence-corrected chi connectivity index (χ4v) is 6.24. The van der Waals surface area contributed by atoms with Crippen molar-refractivity contribution in [3.63, 3.8) is 0 Å². The van der Waals surface area contributed by atoms with Gasteiger partial charge in [-0.3, -0.25) is 9.59 Å². The van der Waals surface area contributed by atoms with Crippen LogP contribution in [-0.4, -0.2) is 65.1 Å². The van der Waals surface area contributed by atoms with E-state index in [9.17, 15) is 14.7 Å². The molecule has 1 amide bonds. The van der Waals surface area contributed by atoms with Gasteiger partial charge < -0.3 is 24.1 Å². The maximum Gasteiger partial charge on any atom is 0.308 e. The van der Waals surface area contributed by atoms with Crippen molar-refractivity contribution < 1.29 is 23.8 Å². The first-order valence-electron chi connectivity index (χ1n) is 13.0. The molecule has 3 atom stereocenters. The van der Waals surface area contributed by atoms with Gasteiger partial charge >= 0.3 is 5.97 Å². The SMILES string of the molecule is CC(=O)Oc1cccc([C@@]23CCN(CC4CC4)C[C@@]2(O)CC[C@@H](N(C)C(=O)/C=C/c2ccoc2)C3)c1. The number of hydrogen-bond donors (Lipinski definition) is 1. The molecule has 7 nitrogen and oxygen atoms in total. The number of hydrogen-bond acceptors (Lipinski definition) is 6. The summed E-state index contributed by atoms with van der Waals surface area (Å²) in [6.45, 7) is 3.98. The van der Waals surface area contributed by atoms with Gasteiger partial charge in [-0.25, -0.2) is 0 Å². The number of piperidine rings is 1. The Morgan fingerprint density at radius 1 is 1.25 bits per heavy atom. The summed E-state index contributed by atoms with van der Waals surface area (Å²) >= 11 is 0. The molecule has 2 aromatic rings. The van der Waals surface area contributed by atoms with Crippen LogP contribution in [0.15, 0.2) is 53.4 Å². The second-order valence-corrected chi connectivity index (χ2v) is 10.9. The number of furan rings is 1. The van der Waals surface area contributed by atoms with Gasteiger partial charge in [0.15, 0.2) is 0 Å². The van der Waals surface area contributed by atoms with E-state index in [1.165, 1.54) is 19.8 Å². The number of likely N-dealkylation sites (N-methyl/N-ethyl adjacent to an activating group) is 1. The molecule has 1 aromatic carbocycles. The van der Waals surface area contributed by atoms with Gasteiger partial charge in [0.1, 0.15) is 5.75 Å². The minimum absolute atomic E-state index is 0.0147. The molecule has 3 fully saturated rings. The van der Waals surface area contributed by atoms with Crippen LogP contribution in [0, 0.1) is 5.92 Å². The molecule has 0 bridgehead atoms. The minimum atomic E-state index is -0.915. The number of carbonyl (C=O) groups is 2. The second-order valence-electron chi connectivity index (χ2n) is 10.9. The van der Waals surface area contributed by atoms with Crippen molar-refractivity contribution in [1.29, 1.82) is 0 Å². The fourth-order valence-electron chi connectivity index (χ4n) is 6.24. The maximum absolute atomic E-state index is 13.1. The zero-order valence-corrected chi connectivity index (χ0v) is 21.2. The van der Waals surface area contributed by atoms with E-state index in [0.29, 0.717) is 25.1 Å². The van der Waals surface area contributed by atoms with E-state index in [1.807, 2.05) is 36.2 Å². The van der Waals surface area contributed by atoms with Crippen molar-refractivity contribution in [3.05, 3.63) is 60.1 Å². The van der Waals surface area contributed by atoms with Crippen LogP contribution in [0.4, 0.5) is 0 Å². The number of benzene rings is 1. The van der Waals surface area contributed by atoms with Crippen LogP contribution < -0.4 is 4.74 Å². The average Bonchev–Trinajstić information content (AvgIpc) is 3.51. The lowest BCUT2D eigenvalue weighted by atomic mass is 9.55. The minimum Gasteiger partial charge on any atom is -0.472 e. The summed E-state index contributed by atoms with van der Waals surface area (Å²) in [5.41, 5.74) is 0.377. The Morgan fingerprint density at radius 2 is 2.08 bits per heavy atom. The van der Waals surface area contributed by atoms with Gasteiger partial charge in [-0.15, -0.1) is 0 Å². The van der Waals surface area contributed by atoms with Crippen molar-refractivity contribution in [3.8, 4) is 5.75 Å². The first-order chi connectivity index (χ1) is 17.3. The summed E-state index contributed by atoms with van der Waals surface area (Å²) in [4.78, 5) is 28.9. The Bertz CT molecular complexity index is 1120. The van der Waals surface area contributed by atoms with Crippen LogP contribution in [-0.2, 0) is 15.0 Å². The molecule has 1 aliphatic heterocycles. The van der Waals surface area contributed by atoms with Crippen molar-refractivity contribution in [1.82, 2.24) is 9.80 Å². The number of nitrogens with zero attached hydrogens (tertiary/aromatic N) is 2. The molecule has 2 saturated carbocycles. The highest BCUT2D eigenvalue weighted by Crippen LogP contribution is 2.53. The van der Waals surface area contributed by atoms with Crippen molar-refractivity contribution in [2.45, 2.75) is 62.5 Å². The number of ether oxygens (including phenoxy) is 1. The van der Waals surface area contributed by atoms with Gasteiger partial charge in [0, 0.05) is 50.2 Å². The molecule has 3 aliphatic rings. The summed E-state index contributed by atoms with van der Waals surface area (Å²) < 4.78 is 10.5. The van der Waals surface area contributed by atoms with Crippen molar-refractivity contribution in [2.24, 2.45) is 5.92 Å². The number of esters is 1. The molecule has 1 aromatic heterocycles. The molecular weight excluding hydrogens is 456 g/mol. The summed E-state index contributed by atoms with van der Waals surface area (Å²) in [5.74, 6) is 0.819. The molecule has 0 radical (unpaired) electrons. The second kappa shape index (κ2) is 9.87. The van der Waals surface area contributed by atoms with Crippen LogP contribution in [0.2, 0.25) is 0 Å². The average molecular weight is 493 g/mol. The Balaban J connectivity index is 1.42. The Morgan fingerprint density at radius 3 is 2.81 bits per heavy atom. The number of fused-ring (bicyclic) bond motifs is 1. The van der Waals surface area contributed by atoms with E-state index in [1.54, 1.807) is 30.7 Å². The zero-order chi connectivity index (χ0) is 25.3. The number of β-amino-alcohol motifs (C(OH)–C–C–N with tert-alkyl or cyclic N) is 1. The molecule has 36 heavy (non-hydrogen) atoms. The van der Waals surface area contributed by atoms with Crippen LogP contribution in [0.1, 0.15) is 56.6 Å². The smallest absolute Gasteiger partial charge is 0.308 e. The molecular formula is C29H36N2O5. The van der Waals surface area contributed by atoms with E-state index < -0.39 is 11.0 Å². The molecule has 1 saturated heterocycles. The summed E-state index contributed by atoms with van der Waals surface area (Å²) in [6.07, 6.45) is 11.9. The summed E-state index contributed by atoms with van der Waals surface area (Å²) in [7, 11) is 1.85. The van der Waals surface area contributed by atoms with Gasteiger partial charge in [-0.1, -0.05) is 12.1 Å². The van der Waals surface area contributed by atoms with Crippen LogP contribution in [0.5, 0.6) is 5.75 Å². The summed E-state index contributed by atoms with van der Waals surface area (Å²) in [5, 5.41) is 12.3. The molecule has 0 unspecified atom stereocenters. The third kappa shape index (κ3) is 5.00. The Hall–Kier alpha value is -2.90. The largest absolute Gasteiger partial charge is 0.472 e. The standard InChI is InChI=1S/C29H36N2O5/c1-21(32)36-26-5-3-4-24(16-26)28-13-14-31(18-22-6-7-22)20-29(28,34)12-10-25(17-28)30(2)27(33)9-8-23-11-15-35-19-23/h3-5,8-9,11,15-16,19,22,25,34H,6-7,10,12-14,17-18,20H2,1-2H3/b9-8+/t25-,28+,29+/m1/s1. The quantitative estimate of drug-likeness (QED) is 0.357. The maximum atomic E-state index is 13.1. The monoisotopic (exact) mass is 492 g/mol. The topological polar surface area (TPSA) is 83.2 Å². The summed E-state index contributed by atoms with van der Waals surface area (Å²) in [6, 6.07) is 9.42. The first-order valence-corrected chi connectivity index (χ1v) is 13.0. The van der Waals surface area contributed by atoms with Crippen molar-refractivity contribution >= 4 is 18.0 Å². The van der Waals surface area contributed by atoms with Crippen molar-refractivity contribution in [2.75, 3.05) is 26.7 Å². The molecule has 7 heteroatoms. The molecule has 1 N–H and O–H groups in total. The van der Waals surface area contributed by atoms with E-state index >= 15 is 0 Å². The fraction of sp³-hybridized carbons (Fsp3) is 0.517. The highest BCUT2D eigenvalue weighted by atomic mass is 16.5. The number of rotatable bonds is 7. The van der Waals surface area contributed by atoms with Gasteiger partial charge in [0.25, 0.3) is 0 Å². The Labute approximate surface area is 212 Å². The first kappa shape index (κ1) is 24.8. The van der Waals surface area contributed by atoms with Crippen LogP contribution >= 0.6 is 0 Å². The third-order valence-electron chi connectivity index (χ3n) is 8.42. The molecule has 5 rings (SSSR count). The van der Waals surface area contributed by atoms with Gasteiger partial charge in [-0.05, 0) is 80.8 Å². The third-order valence-corrected chi connectivity index (χ3v) is 8.42. The number of amides is 1. The number of likely N-dealkylation sites (tertiary alicyclic amines) is 1. The number of aliphatic hydroxyl groups is 1. The van der Waals surface area contributed by atoms with E-state index in [0.717, 1.165) is 43.0 Å². The lowest BCUT2D eigenvalue weighted by Gasteiger charge is -2.59. The lowest BCUT2D eigenvalue weighted by Crippen LogP contribution is -2.67. The van der Waals surface area contributed by atoms with Crippen LogP contribution in [0.25, 0.3) is 6.08 Å². The van der Waals surface area contributed by atoms with E-state index in [-0.39, 0.29) is 17.9 Å². The van der Waals surface area contributed by atoms with Gasteiger partial charge in [-0.2, -0.15) is 0 Å². The van der Waals surface area contributed by atoms with E-state index in [4.69, 9.17) is 9.15 Å². The predicted octanol–water partition coefficient (Wildman–Crippen LogP) is 4.01. The highest BCUT2D eigenvalue weighted by molar-refractivity contribution is 5.91. The molecule has 192 valence electrons. The Kier molecular flexibility index (Phi) is 6.79. The van der Waals surface area contributed by atoms with Crippen LogP contribution in [0.3, 0.4) is 0 Å². The molecule has 2 heterocycles. The zero-order valence-electron chi connectivity index (χ0n) is 21.2. The lowest BCUT2D eigenvalue weighted by molar-refractivity contribution is -0.145. The molecule has 0 spiro atoms.